The van der Waals surface area contributed by atoms with Crippen LogP contribution in [0.3, 0.4) is 0 Å². The van der Waals surface area contributed by atoms with Gasteiger partial charge in [-0.05, 0) is 48.9 Å². The second-order valence-corrected chi connectivity index (χ2v) is 8.86. The second-order valence-electron chi connectivity index (χ2n) is 8.45. The van der Waals surface area contributed by atoms with Crippen LogP contribution in [0.2, 0.25) is 5.02 Å². The molecule has 3 heterocycles. The molecule has 3 aromatic rings. The van der Waals surface area contributed by atoms with Crippen molar-refractivity contribution in [2.45, 2.75) is 25.6 Å². The van der Waals surface area contributed by atoms with Crippen molar-refractivity contribution in [3.05, 3.63) is 53.2 Å². The third-order valence-corrected chi connectivity index (χ3v) is 6.65. The predicted molar refractivity (Wildman–Crippen MR) is 121 cm³/mol. The molecule has 1 aliphatic carbocycles. The van der Waals surface area contributed by atoms with Gasteiger partial charge >= 0.3 is 0 Å². The topological polar surface area (TPSA) is 74.5 Å². The van der Waals surface area contributed by atoms with Crippen LogP contribution in [0, 0.1) is 17.7 Å². The van der Waals surface area contributed by atoms with Gasteiger partial charge in [0.25, 0.3) is 0 Å². The number of rotatable bonds is 7. The molecule has 0 amide bonds. The van der Waals surface area contributed by atoms with Gasteiger partial charge in [-0.25, -0.2) is 9.37 Å². The molecule has 0 N–H and O–H groups in total. The van der Waals surface area contributed by atoms with Gasteiger partial charge in [-0.2, -0.15) is 0 Å². The number of pyridine rings is 1. The molecule has 1 aromatic carbocycles. The molecule has 0 spiro atoms. The molecule has 0 radical (unpaired) electrons. The molecule has 1 aliphatic heterocycles. The maximum atomic E-state index is 13.3. The van der Waals surface area contributed by atoms with Gasteiger partial charge in [-0.15, -0.1) is 10.2 Å². The summed E-state index contributed by atoms with van der Waals surface area (Å²) >= 11 is 6.14. The molecular weight excluding hydrogens is 449 g/mol. The Morgan fingerprint density at radius 2 is 1.88 bits per heavy atom. The Labute approximate surface area is 196 Å². The van der Waals surface area contributed by atoms with Crippen LogP contribution in [0.5, 0.6) is 11.6 Å². The first-order chi connectivity index (χ1) is 16.1. The van der Waals surface area contributed by atoms with Gasteiger partial charge in [0, 0.05) is 26.3 Å². The fraction of sp³-hybridized carbons (Fsp3) is 0.435. The van der Waals surface area contributed by atoms with Crippen LogP contribution in [0.1, 0.15) is 18.7 Å². The lowest BCUT2D eigenvalue weighted by Crippen LogP contribution is -2.27. The summed E-state index contributed by atoms with van der Waals surface area (Å²) in [6.07, 6.45) is 3.64. The first-order valence-electron chi connectivity index (χ1n) is 10.9. The summed E-state index contributed by atoms with van der Waals surface area (Å²) in [6, 6.07) is 8.01. The molecule has 33 heavy (non-hydrogen) atoms. The summed E-state index contributed by atoms with van der Waals surface area (Å²) in [6.45, 7) is 2.06. The molecule has 0 bridgehead atoms. The van der Waals surface area contributed by atoms with E-state index in [4.69, 9.17) is 25.8 Å². The lowest BCUT2D eigenvalue weighted by atomic mass is 10.0. The largest absolute Gasteiger partial charge is 0.489 e. The summed E-state index contributed by atoms with van der Waals surface area (Å²) in [5, 5.41) is 9.16. The molecule has 10 heteroatoms. The Morgan fingerprint density at radius 1 is 1.09 bits per heavy atom. The number of aromatic nitrogens is 4. The van der Waals surface area contributed by atoms with Crippen LogP contribution in [0.25, 0.3) is 5.69 Å². The van der Waals surface area contributed by atoms with Gasteiger partial charge in [0.2, 0.25) is 11.8 Å². The van der Waals surface area contributed by atoms with E-state index >= 15 is 0 Å². The highest BCUT2D eigenvalue weighted by Crippen LogP contribution is 2.42. The molecule has 2 aromatic heterocycles. The van der Waals surface area contributed by atoms with Crippen LogP contribution in [0.15, 0.2) is 36.5 Å². The van der Waals surface area contributed by atoms with Gasteiger partial charge in [0.1, 0.15) is 18.2 Å². The molecular formula is C23H25ClFN5O3. The minimum atomic E-state index is -0.365. The van der Waals surface area contributed by atoms with Crippen LogP contribution in [-0.2, 0) is 11.3 Å². The summed E-state index contributed by atoms with van der Waals surface area (Å²) in [7, 11) is 3.23. The fourth-order valence-corrected chi connectivity index (χ4v) is 5.09. The van der Waals surface area contributed by atoms with Crippen LogP contribution in [0.4, 0.5) is 10.3 Å². The minimum Gasteiger partial charge on any atom is -0.489 e. The molecule has 5 rings (SSSR count). The number of anilines is 1. The van der Waals surface area contributed by atoms with E-state index in [9.17, 15) is 4.39 Å². The number of hydrogen-bond acceptors (Lipinski definition) is 7. The Hall–Kier alpha value is -2.91. The Bertz CT molecular complexity index is 1110. The molecule has 8 nitrogen and oxygen atoms in total. The van der Waals surface area contributed by atoms with E-state index < -0.39 is 0 Å². The highest BCUT2D eigenvalue weighted by Gasteiger charge is 2.43. The number of hydrogen-bond donors (Lipinski definition) is 0. The average molecular weight is 474 g/mol. The quantitative estimate of drug-likeness (QED) is 0.515. The lowest BCUT2D eigenvalue weighted by molar-refractivity contribution is 0.176. The van der Waals surface area contributed by atoms with Crippen molar-refractivity contribution in [1.29, 1.82) is 0 Å². The van der Waals surface area contributed by atoms with Crippen molar-refractivity contribution >= 4 is 17.5 Å². The van der Waals surface area contributed by atoms with Crippen molar-refractivity contribution in [3.63, 3.8) is 0 Å². The van der Waals surface area contributed by atoms with Crippen molar-refractivity contribution in [2.75, 3.05) is 32.2 Å². The predicted octanol–water partition coefficient (Wildman–Crippen LogP) is 3.90. The van der Waals surface area contributed by atoms with Crippen molar-refractivity contribution in [3.8, 4) is 17.3 Å². The van der Waals surface area contributed by atoms with E-state index in [1.54, 1.807) is 26.5 Å². The molecule has 2 fully saturated rings. The zero-order chi connectivity index (χ0) is 22.9. The maximum Gasteiger partial charge on any atom is 0.232 e. The Balaban J connectivity index is 1.31. The van der Waals surface area contributed by atoms with Crippen LogP contribution in [-0.4, -0.2) is 53.2 Å². The monoisotopic (exact) mass is 473 g/mol. The van der Waals surface area contributed by atoms with E-state index in [1.807, 2.05) is 16.7 Å². The molecule has 1 saturated carbocycles. The smallest absolute Gasteiger partial charge is 0.232 e. The Morgan fingerprint density at radius 3 is 2.52 bits per heavy atom. The SMILES string of the molecule is COCc1nnc(N2C[C@H]3CC(Oc4ccc(F)cc4Cl)C[C@H]3C2)n1-c1ccc(OC)nc1. The number of nitrogens with zero attached hydrogens (tertiary/aromatic N) is 5. The standard InChI is InChI=1S/C23H25ClFN5O3/c1-31-13-21-27-28-23(30(21)17-4-6-22(32-2)26-10-17)29-11-14-7-18(8-15(14)12-29)33-20-5-3-16(25)9-19(20)24/h3-6,9-10,14-15,18H,7-8,11-13H2,1-2H3/t14-,15+,18?. The number of methoxy groups -OCH3 is 2. The molecule has 2 aliphatic rings. The third kappa shape index (κ3) is 4.35. The van der Waals surface area contributed by atoms with Crippen LogP contribution >= 0.6 is 11.6 Å². The zero-order valence-electron chi connectivity index (χ0n) is 18.4. The summed E-state index contributed by atoms with van der Waals surface area (Å²) in [4.78, 5) is 6.60. The van der Waals surface area contributed by atoms with E-state index in [-0.39, 0.29) is 11.9 Å². The van der Waals surface area contributed by atoms with Gasteiger partial charge < -0.3 is 19.1 Å². The minimum absolute atomic E-state index is 0.0674. The van der Waals surface area contributed by atoms with Gasteiger partial charge in [0.05, 0.1) is 30.1 Å². The van der Waals surface area contributed by atoms with E-state index in [0.717, 1.165) is 37.6 Å². The van der Waals surface area contributed by atoms with Crippen LogP contribution < -0.4 is 14.4 Å². The number of ether oxygens (including phenoxy) is 3. The lowest BCUT2D eigenvalue weighted by Gasteiger charge is -2.22. The van der Waals surface area contributed by atoms with E-state index in [1.165, 1.54) is 12.1 Å². The second kappa shape index (κ2) is 9.15. The van der Waals surface area contributed by atoms with Crippen molar-refractivity contribution in [2.24, 2.45) is 11.8 Å². The first kappa shape index (κ1) is 21.9. The highest BCUT2D eigenvalue weighted by atomic mass is 35.5. The maximum absolute atomic E-state index is 13.3. The van der Waals surface area contributed by atoms with Crippen molar-refractivity contribution in [1.82, 2.24) is 19.7 Å². The van der Waals surface area contributed by atoms with E-state index in [2.05, 4.69) is 20.1 Å². The average Bonchev–Trinajstić information content (AvgIpc) is 3.49. The normalized spacial score (nSPS) is 21.9. The molecule has 3 atom stereocenters. The van der Waals surface area contributed by atoms with Gasteiger partial charge in [-0.1, -0.05) is 11.6 Å². The fourth-order valence-electron chi connectivity index (χ4n) is 4.88. The van der Waals surface area contributed by atoms with Gasteiger partial charge in [-0.3, -0.25) is 4.57 Å². The number of halogens is 2. The summed E-state index contributed by atoms with van der Waals surface area (Å²) in [5.41, 5.74) is 0.854. The first-order valence-corrected chi connectivity index (χ1v) is 11.2. The Kier molecular flexibility index (Phi) is 6.07. The molecule has 174 valence electrons. The van der Waals surface area contributed by atoms with Crippen molar-refractivity contribution < 1.29 is 18.6 Å². The number of fused-ring (bicyclic) bond motifs is 1. The molecule has 1 saturated heterocycles. The number of benzene rings is 1. The zero-order valence-corrected chi connectivity index (χ0v) is 19.2. The third-order valence-electron chi connectivity index (χ3n) is 6.35. The van der Waals surface area contributed by atoms with Gasteiger partial charge in [0.15, 0.2) is 5.82 Å². The molecule has 1 unspecified atom stereocenters. The highest BCUT2D eigenvalue weighted by molar-refractivity contribution is 6.32. The summed E-state index contributed by atoms with van der Waals surface area (Å²) < 4.78 is 31.9. The van der Waals surface area contributed by atoms with E-state index in [0.29, 0.717) is 40.9 Å². The summed E-state index contributed by atoms with van der Waals surface area (Å²) in [5.74, 6) is 3.15.